The third-order valence-electron chi connectivity index (χ3n) is 0. The van der Waals surface area contributed by atoms with Gasteiger partial charge >= 0.3 is 60.8 Å². The monoisotopic (exact) mass is 104 g/mol. The van der Waals surface area contributed by atoms with Gasteiger partial charge in [-0.2, -0.15) is 0 Å². The molecule has 0 aromatic heterocycles. The van der Waals surface area contributed by atoms with Crippen molar-refractivity contribution >= 4 is 60.8 Å². The summed E-state index contributed by atoms with van der Waals surface area (Å²) in [5.41, 5.74) is 0. The van der Waals surface area contributed by atoms with Crippen LogP contribution in [0.5, 0.6) is 0 Å². The van der Waals surface area contributed by atoms with E-state index in [1.54, 1.807) is 0 Å². The van der Waals surface area contributed by atoms with Crippen LogP contribution in [0.25, 0.3) is 0 Å². The van der Waals surface area contributed by atoms with Gasteiger partial charge in [0.05, 0.1) is 0 Å². The van der Waals surface area contributed by atoms with Crippen molar-refractivity contribution in [2.24, 2.45) is 0 Å². The Labute approximate surface area is 69.2 Å². The molecule has 0 aromatic carbocycles. The summed E-state index contributed by atoms with van der Waals surface area (Å²) in [5, 5.41) is 0. The molecular weight excluding hydrogens is 102 g/mol. The van der Waals surface area contributed by atoms with Crippen LogP contribution in [0.4, 0.5) is 0 Å². The molecule has 4 heteroatoms. The molecule has 0 bridgehead atoms. The summed E-state index contributed by atoms with van der Waals surface area (Å²) in [6, 6.07) is 0. The first-order valence-electron chi connectivity index (χ1n) is 0. The zero-order valence-electron chi connectivity index (χ0n) is 1.46. The van der Waals surface area contributed by atoms with E-state index in [1.807, 2.05) is 0 Å². The second kappa shape index (κ2) is 20.7. The Bertz CT molecular complexity index is 6.00. The van der Waals surface area contributed by atoms with Crippen LogP contribution in [-0.2, 0) is 0 Å². The molecule has 0 nitrogen and oxygen atoms in total. The second-order valence-corrected chi connectivity index (χ2v) is 0. The molecule has 0 aliphatic carbocycles. The van der Waals surface area contributed by atoms with E-state index >= 15 is 0 Å². The van der Waals surface area contributed by atoms with Gasteiger partial charge in [-0.1, -0.05) is 0 Å². The van der Waals surface area contributed by atoms with Crippen molar-refractivity contribution in [2.75, 3.05) is 0 Å². The SMILES string of the molecule is [CaH2].[F-].[F-].[Mg+2]. The minimum atomic E-state index is 0. The summed E-state index contributed by atoms with van der Waals surface area (Å²) in [7, 11) is 0. The number of rotatable bonds is 0. The molecule has 0 amide bonds. The predicted molar refractivity (Wildman–Crippen MR) is 14.3 cm³/mol. The van der Waals surface area contributed by atoms with Gasteiger partial charge in [-0.25, -0.2) is 0 Å². The largest absolute Gasteiger partial charge is 2.00 e. The summed E-state index contributed by atoms with van der Waals surface area (Å²) < 4.78 is 0. The number of hydrogen-bond acceptors (Lipinski definition) is 0. The standard InChI is InChI=1S/Ca.2FH.Mg.2H/h;2*1H;;;/q;;;+2;;/p-2. The molecule has 0 unspecified atom stereocenters. The number of hydrogen-bond donors (Lipinski definition) is 0. The van der Waals surface area contributed by atoms with E-state index in [0.29, 0.717) is 0 Å². The molecule has 0 aromatic rings. The van der Waals surface area contributed by atoms with E-state index in [4.69, 9.17) is 0 Å². The molecular formula is H2CaF2Mg. The zero-order chi connectivity index (χ0) is 0. The van der Waals surface area contributed by atoms with Crippen LogP contribution in [0.15, 0.2) is 0 Å². The molecule has 4 heavy (non-hydrogen) atoms. The minimum Gasteiger partial charge on any atom is -1.00 e. The van der Waals surface area contributed by atoms with Crippen LogP contribution in [0.3, 0.4) is 0 Å². The molecule has 0 fully saturated rings. The molecule has 0 saturated carbocycles. The summed E-state index contributed by atoms with van der Waals surface area (Å²) >= 11 is 0. The normalized spacial score (nSPS) is 0. The van der Waals surface area contributed by atoms with Crippen LogP contribution < -0.4 is 9.41 Å². The quantitative estimate of drug-likeness (QED) is 0.268. The maximum atomic E-state index is 0. The molecule has 0 aliphatic rings. The molecule has 0 rings (SSSR count). The Morgan fingerprint density at radius 3 is 0.750 bits per heavy atom. The Hall–Kier alpha value is 1.89. The fraction of sp³-hybridized carbons (Fsp3) is 0. The van der Waals surface area contributed by atoms with Gasteiger partial charge < -0.3 is 9.41 Å². The molecule has 20 valence electrons. The smallest absolute Gasteiger partial charge is 1.00 e. The summed E-state index contributed by atoms with van der Waals surface area (Å²) in [5.74, 6) is 0. The first-order valence-corrected chi connectivity index (χ1v) is 0. The second-order valence-electron chi connectivity index (χ2n) is 0. The third kappa shape index (κ3) is 9.10. The van der Waals surface area contributed by atoms with Crippen LogP contribution in [0.2, 0.25) is 0 Å². The molecule has 0 spiro atoms. The van der Waals surface area contributed by atoms with Crippen molar-refractivity contribution in [3.05, 3.63) is 0 Å². The molecule has 0 atom stereocenters. The van der Waals surface area contributed by atoms with Crippen LogP contribution in [0, 0.1) is 0 Å². The van der Waals surface area contributed by atoms with Gasteiger partial charge in [-0.3, -0.25) is 0 Å². The first-order chi connectivity index (χ1) is 0. The van der Waals surface area contributed by atoms with E-state index in [1.165, 1.54) is 0 Å². The fourth-order valence-electron chi connectivity index (χ4n) is 0. The van der Waals surface area contributed by atoms with Crippen molar-refractivity contribution in [3.63, 3.8) is 0 Å². The fourth-order valence-corrected chi connectivity index (χ4v) is 0. The van der Waals surface area contributed by atoms with Gasteiger partial charge in [0.15, 0.2) is 0 Å². The Balaban J connectivity index is 0. The van der Waals surface area contributed by atoms with Crippen LogP contribution in [-0.4, -0.2) is 60.8 Å². The van der Waals surface area contributed by atoms with Crippen molar-refractivity contribution in [1.29, 1.82) is 0 Å². The average Bonchev–Trinajstić information content (AvgIpc) is 0. The topological polar surface area (TPSA) is 0 Å². The van der Waals surface area contributed by atoms with E-state index < -0.39 is 0 Å². The van der Waals surface area contributed by atoms with E-state index in [9.17, 15) is 0 Å². The summed E-state index contributed by atoms with van der Waals surface area (Å²) in [4.78, 5) is 0. The van der Waals surface area contributed by atoms with Gasteiger partial charge in [-0.05, 0) is 0 Å². The Kier molecular flexibility index (Phi) is 205. The summed E-state index contributed by atoms with van der Waals surface area (Å²) in [6.45, 7) is 0. The molecule has 0 N–H and O–H groups in total. The van der Waals surface area contributed by atoms with E-state index in [-0.39, 0.29) is 70.2 Å². The van der Waals surface area contributed by atoms with Crippen molar-refractivity contribution in [1.82, 2.24) is 0 Å². The maximum Gasteiger partial charge on any atom is 2.00 e. The molecule has 0 radical (unpaired) electrons. The van der Waals surface area contributed by atoms with E-state index in [2.05, 4.69) is 0 Å². The van der Waals surface area contributed by atoms with Gasteiger partial charge in [0.1, 0.15) is 0 Å². The molecule has 0 aliphatic heterocycles. The average molecular weight is 104 g/mol. The van der Waals surface area contributed by atoms with Crippen molar-refractivity contribution in [3.8, 4) is 0 Å². The van der Waals surface area contributed by atoms with Gasteiger partial charge in [0, 0.05) is 0 Å². The molecule has 0 saturated heterocycles. The third-order valence-corrected chi connectivity index (χ3v) is 0. The Morgan fingerprint density at radius 1 is 0.750 bits per heavy atom. The van der Waals surface area contributed by atoms with E-state index in [0.717, 1.165) is 0 Å². The minimum absolute atomic E-state index is 0. The number of halogens is 2. The van der Waals surface area contributed by atoms with Crippen molar-refractivity contribution in [2.45, 2.75) is 0 Å². The van der Waals surface area contributed by atoms with Gasteiger partial charge in [0.25, 0.3) is 0 Å². The van der Waals surface area contributed by atoms with Gasteiger partial charge in [-0.15, -0.1) is 0 Å². The Morgan fingerprint density at radius 2 is 0.750 bits per heavy atom. The van der Waals surface area contributed by atoms with Crippen LogP contribution in [0.1, 0.15) is 0 Å². The summed E-state index contributed by atoms with van der Waals surface area (Å²) in [6.07, 6.45) is 0. The maximum absolute atomic E-state index is 0. The zero-order valence-corrected chi connectivity index (χ0v) is 2.88. The predicted octanol–water partition coefficient (Wildman–Crippen LogP) is -7.29. The molecule has 0 heterocycles. The van der Waals surface area contributed by atoms with Crippen molar-refractivity contribution < 1.29 is 9.41 Å². The van der Waals surface area contributed by atoms with Crippen LogP contribution >= 0.6 is 0 Å². The van der Waals surface area contributed by atoms with Gasteiger partial charge in [0.2, 0.25) is 0 Å². The first kappa shape index (κ1) is 39.5.